The maximum atomic E-state index is 12.3. The summed E-state index contributed by atoms with van der Waals surface area (Å²) in [6.07, 6.45) is 1.55. The first-order valence-electron chi connectivity index (χ1n) is 7.32. The van der Waals surface area contributed by atoms with Gasteiger partial charge in [-0.05, 0) is 31.2 Å². The van der Waals surface area contributed by atoms with Gasteiger partial charge in [0.2, 0.25) is 5.91 Å². The first-order valence-corrected chi connectivity index (χ1v) is 7.32. The average molecular weight is 301 g/mol. The van der Waals surface area contributed by atoms with Gasteiger partial charge in [-0.15, -0.1) is 0 Å². The molecule has 22 heavy (non-hydrogen) atoms. The van der Waals surface area contributed by atoms with Crippen LogP contribution in [0.2, 0.25) is 0 Å². The molecule has 1 saturated heterocycles. The number of carbonyl (C=O) groups excluding carboxylic acids is 1. The predicted octanol–water partition coefficient (Wildman–Crippen LogP) is 1.97. The minimum absolute atomic E-state index is 0.0875. The lowest BCUT2D eigenvalue weighted by Gasteiger charge is -2.29. The van der Waals surface area contributed by atoms with E-state index in [1.165, 1.54) is 0 Å². The van der Waals surface area contributed by atoms with E-state index in [2.05, 4.69) is 15.6 Å². The Balaban J connectivity index is 1.67. The van der Waals surface area contributed by atoms with Crippen LogP contribution in [0.25, 0.3) is 11.3 Å². The molecule has 2 N–H and O–H groups in total. The quantitative estimate of drug-likeness (QED) is 0.906. The van der Waals surface area contributed by atoms with E-state index in [-0.39, 0.29) is 18.1 Å². The highest BCUT2D eigenvalue weighted by atomic mass is 16.5. The van der Waals surface area contributed by atoms with Crippen molar-refractivity contribution in [2.24, 2.45) is 0 Å². The molecular formula is C16H19N3O3. The second kappa shape index (κ2) is 6.29. The van der Waals surface area contributed by atoms with Crippen molar-refractivity contribution in [3.8, 4) is 11.3 Å². The zero-order valence-electron chi connectivity index (χ0n) is 12.6. The lowest BCUT2D eigenvalue weighted by atomic mass is 10.1. The fourth-order valence-electron chi connectivity index (χ4n) is 2.46. The molecule has 0 radical (unpaired) electrons. The molecule has 3 rings (SSSR count). The van der Waals surface area contributed by atoms with Gasteiger partial charge in [0.15, 0.2) is 11.7 Å². The third kappa shape index (κ3) is 3.18. The number of nitrogens with zero attached hydrogens (tertiary/aromatic N) is 1. The predicted molar refractivity (Wildman–Crippen MR) is 82.5 cm³/mol. The second-order valence-electron chi connectivity index (χ2n) is 5.32. The van der Waals surface area contributed by atoms with E-state index in [9.17, 15) is 4.79 Å². The zero-order chi connectivity index (χ0) is 15.5. The Kier molecular flexibility index (Phi) is 4.22. The van der Waals surface area contributed by atoms with Gasteiger partial charge in [-0.25, -0.2) is 4.98 Å². The van der Waals surface area contributed by atoms with Gasteiger partial charge < -0.3 is 19.8 Å². The van der Waals surface area contributed by atoms with E-state index in [1.807, 2.05) is 31.2 Å². The summed E-state index contributed by atoms with van der Waals surface area (Å²) < 4.78 is 11.0. The molecule has 1 aromatic carbocycles. The Hall–Kier alpha value is -2.18. The molecule has 0 unspecified atom stereocenters. The smallest absolute Gasteiger partial charge is 0.244 e. The largest absolute Gasteiger partial charge is 0.441 e. The summed E-state index contributed by atoms with van der Waals surface area (Å²) in [7, 11) is 0. The number of oxazole rings is 1. The Labute approximate surface area is 128 Å². The number of hydrogen-bond donors (Lipinski definition) is 2. The van der Waals surface area contributed by atoms with Crippen molar-refractivity contribution in [2.45, 2.75) is 26.0 Å². The molecule has 1 aromatic heterocycles. The highest BCUT2D eigenvalue weighted by molar-refractivity contribution is 5.95. The molecule has 1 fully saturated rings. The Morgan fingerprint density at radius 2 is 2.14 bits per heavy atom. The maximum Gasteiger partial charge on any atom is 0.244 e. The second-order valence-corrected chi connectivity index (χ2v) is 5.32. The summed E-state index contributed by atoms with van der Waals surface area (Å²) in [6.45, 7) is 5.02. The monoisotopic (exact) mass is 301 g/mol. The number of aromatic nitrogens is 1. The van der Waals surface area contributed by atoms with Crippen molar-refractivity contribution in [3.63, 3.8) is 0 Å². The molecular weight excluding hydrogens is 282 g/mol. The third-order valence-electron chi connectivity index (χ3n) is 3.66. The zero-order valence-corrected chi connectivity index (χ0v) is 12.6. The van der Waals surface area contributed by atoms with E-state index in [4.69, 9.17) is 9.15 Å². The minimum atomic E-state index is -0.328. The number of morpholine rings is 1. The van der Waals surface area contributed by atoms with Crippen LogP contribution in [0.4, 0.5) is 5.69 Å². The number of aryl methyl sites for hydroxylation is 1. The molecule has 2 atom stereocenters. The topological polar surface area (TPSA) is 76.4 Å². The molecule has 0 spiro atoms. The van der Waals surface area contributed by atoms with Crippen LogP contribution < -0.4 is 10.6 Å². The minimum Gasteiger partial charge on any atom is -0.441 e. The van der Waals surface area contributed by atoms with Crippen LogP contribution in [0.3, 0.4) is 0 Å². The van der Waals surface area contributed by atoms with E-state index < -0.39 is 0 Å². The van der Waals surface area contributed by atoms with Gasteiger partial charge in [0.05, 0.1) is 18.9 Å². The van der Waals surface area contributed by atoms with Crippen molar-refractivity contribution in [2.75, 3.05) is 18.5 Å². The SMILES string of the molecule is Cc1ncc(-c2ccc(NC(=O)[C@H]3NCCO[C@@H]3C)cc2)o1. The van der Waals surface area contributed by atoms with Crippen LogP contribution in [0.1, 0.15) is 12.8 Å². The number of nitrogens with one attached hydrogen (secondary N) is 2. The Bertz CT molecular complexity index is 651. The highest BCUT2D eigenvalue weighted by Gasteiger charge is 2.28. The number of benzene rings is 1. The molecule has 1 aliphatic rings. The summed E-state index contributed by atoms with van der Waals surface area (Å²) >= 11 is 0. The van der Waals surface area contributed by atoms with Gasteiger partial charge in [-0.1, -0.05) is 0 Å². The lowest BCUT2D eigenvalue weighted by Crippen LogP contribution is -2.53. The van der Waals surface area contributed by atoms with Crippen LogP contribution >= 0.6 is 0 Å². The number of carbonyl (C=O) groups is 1. The average Bonchev–Trinajstić information content (AvgIpc) is 2.95. The van der Waals surface area contributed by atoms with Gasteiger partial charge in [0.1, 0.15) is 6.04 Å². The third-order valence-corrected chi connectivity index (χ3v) is 3.66. The first-order chi connectivity index (χ1) is 10.6. The van der Waals surface area contributed by atoms with Crippen molar-refractivity contribution in [3.05, 3.63) is 36.4 Å². The number of hydrogen-bond acceptors (Lipinski definition) is 5. The van der Waals surface area contributed by atoms with Crippen LogP contribution in [-0.4, -0.2) is 36.2 Å². The number of amides is 1. The van der Waals surface area contributed by atoms with Crippen molar-refractivity contribution < 1.29 is 13.9 Å². The summed E-state index contributed by atoms with van der Waals surface area (Å²) in [5.41, 5.74) is 1.66. The van der Waals surface area contributed by atoms with E-state index in [1.54, 1.807) is 13.1 Å². The van der Waals surface area contributed by atoms with E-state index >= 15 is 0 Å². The van der Waals surface area contributed by atoms with Crippen molar-refractivity contribution in [1.29, 1.82) is 0 Å². The first kappa shape index (κ1) is 14.7. The van der Waals surface area contributed by atoms with Gasteiger partial charge >= 0.3 is 0 Å². The molecule has 1 amide bonds. The normalized spacial score (nSPS) is 21.5. The van der Waals surface area contributed by atoms with Gasteiger partial charge in [-0.3, -0.25) is 4.79 Å². The molecule has 0 saturated carbocycles. The fraction of sp³-hybridized carbons (Fsp3) is 0.375. The summed E-state index contributed by atoms with van der Waals surface area (Å²) in [5.74, 6) is 1.26. The maximum absolute atomic E-state index is 12.3. The van der Waals surface area contributed by atoms with E-state index in [0.29, 0.717) is 24.8 Å². The van der Waals surface area contributed by atoms with E-state index in [0.717, 1.165) is 11.3 Å². The van der Waals surface area contributed by atoms with Crippen LogP contribution in [-0.2, 0) is 9.53 Å². The van der Waals surface area contributed by atoms with Crippen molar-refractivity contribution >= 4 is 11.6 Å². The molecule has 6 heteroatoms. The molecule has 0 aliphatic carbocycles. The van der Waals surface area contributed by atoms with Crippen LogP contribution in [0, 0.1) is 6.92 Å². The molecule has 1 aliphatic heterocycles. The molecule has 0 bridgehead atoms. The summed E-state index contributed by atoms with van der Waals surface area (Å²) in [6, 6.07) is 7.15. The molecule has 116 valence electrons. The Morgan fingerprint density at radius 1 is 1.36 bits per heavy atom. The highest BCUT2D eigenvalue weighted by Crippen LogP contribution is 2.22. The van der Waals surface area contributed by atoms with Gasteiger partial charge in [0.25, 0.3) is 0 Å². The number of rotatable bonds is 3. The van der Waals surface area contributed by atoms with Crippen LogP contribution in [0.5, 0.6) is 0 Å². The van der Waals surface area contributed by atoms with Crippen LogP contribution in [0.15, 0.2) is 34.9 Å². The van der Waals surface area contributed by atoms with Crippen molar-refractivity contribution in [1.82, 2.24) is 10.3 Å². The number of ether oxygens (including phenoxy) is 1. The molecule has 2 aromatic rings. The van der Waals surface area contributed by atoms with Gasteiger partial charge in [-0.2, -0.15) is 0 Å². The lowest BCUT2D eigenvalue weighted by molar-refractivity contribution is -0.123. The molecule has 2 heterocycles. The summed E-state index contributed by atoms with van der Waals surface area (Å²) in [5, 5.41) is 6.07. The number of anilines is 1. The standard InChI is InChI=1S/C16H19N3O3/c1-10-15(17-7-8-21-10)16(20)19-13-5-3-12(4-6-13)14-9-18-11(2)22-14/h3-6,9-10,15,17H,7-8H2,1-2H3,(H,19,20)/t10-,15+/m1/s1. The summed E-state index contributed by atoms with van der Waals surface area (Å²) in [4.78, 5) is 16.3. The van der Waals surface area contributed by atoms with Gasteiger partial charge in [0, 0.05) is 24.7 Å². The Morgan fingerprint density at radius 3 is 2.77 bits per heavy atom. The fourth-order valence-corrected chi connectivity index (χ4v) is 2.46. The molecule has 6 nitrogen and oxygen atoms in total.